The average molecular weight is 1210 g/mol. The Bertz CT molecular complexity index is 3170. The zero-order valence-electron chi connectivity index (χ0n) is 60.9. The minimum absolute atomic E-state index is 0.0962. The van der Waals surface area contributed by atoms with Crippen LogP contribution in [0.3, 0.4) is 0 Å². The van der Waals surface area contributed by atoms with E-state index in [-0.39, 0.29) is 37.9 Å². The lowest BCUT2D eigenvalue weighted by Crippen LogP contribution is -2.17. The number of hydrogen-bond acceptors (Lipinski definition) is 7. The van der Waals surface area contributed by atoms with E-state index >= 15 is 0 Å². The van der Waals surface area contributed by atoms with Gasteiger partial charge in [0.1, 0.15) is 11.6 Å². The summed E-state index contributed by atoms with van der Waals surface area (Å²) < 4.78 is 5.20. The van der Waals surface area contributed by atoms with Crippen molar-refractivity contribution in [3.63, 3.8) is 0 Å². The average Bonchev–Trinajstić information content (AvgIpc) is 3.27. The molecular weight excluding hydrogens is 1090 g/mol. The number of furan rings is 1. The lowest BCUT2D eigenvalue weighted by molar-refractivity contribution is 0.409. The molecule has 0 aliphatic heterocycles. The maximum absolute atomic E-state index is 5.20. The molecule has 0 fully saturated rings. The zero-order chi connectivity index (χ0) is 67.4. The van der Waals surface area contributed by atoms with Gasteiger partial charge in [0.05, 0.1) is 17.3 Å². The van der Waals surface area contributed by atoms with Crippen molar-refractivity contribution in [2.45, 2.75) is 258 Å². The second-order valence-electron chi connectivity index (χ2n) is 31.4. The number of nitrogens with one attached hydrogen (secondary N) is 1. The van der Waals surface area contributed by atoms with Crippen LogP contribution in [0.15, 0.2) is 150 Å². The summed E-state index contributed by atoms with van der Waals surface area (Å²) in [5, 5.41) is 2.13. The molecule has 88 heavy (non-hydrogen) atoms. The number of nitrogens with zero attached hydrogens (tertiary/aromatic N) is 5. The van der Waals surface area contributed by atoms with Crippen LogP contribution < -0.4 is 0 Å². The van der Waals surface area contributed by atoms with Crippen LogP contribution in [0.1, 0.15) is 250 Å². The van der Waals surface area contributed by atoms with E-state index in [0.29, 0.717) is 5.41 Å². The molecule has 0 radical (unpaired) electrons. The standard InChI is InChI=1S/C15H24.C11H14N2.C11H17N.3C9H13N.C8H12O.C8H12S/c1-9-10(2)12(4)14(15(6,7)8)13(5)11(9)3;1-11(2,3)10-12-8-6-4-5-7-9(8)13-10;1-8-6-10(11(3,4)5)7-12-9(8)2;1-9(2,3)8-4-6-10-7-5-8;1-9(2,3)8-5-4-6-10-7-8;1-9(2,3)8-6-4-5-7-10-8;2*1-8(2,3)7-5-4-6-9-7/h1-8H3;4-7H,1-3H3,(H,12,13);6-7H,1-5H3;3*4-7H,1-3H3;2*4-6H,1-3H3. The third kappa shape index (κ3) is 26.7. The van der Waals surface area contributed by atoms with Crippen LogP contribution in [0.2, 0.25) is 0 Å². The first-order chi connectivity index (χ1) is 40.2. The number of aromatic amines is 1. The van der Waals surface area contributed by atoms with E-state index in [1.54, 1.807) is 12.5 Å². The van der Waals surface area contributed by atoms with Crippen LogP contribution in [-0.2, 0) is 43.3 Å². The number of benzene rings is 2. The van der Waals surface area contributed by atoms with Crippen molar-refractivity contribution in [3.05, 3.63) is 229 Å². The van der Waals surface area contributed by atoms with Gasteiger partial charge in [0.25, 0.3) is 0 Å². The number of aryl methyl sites for hydroxylation is 2. The summed E-state index contributed by atoms with van der Waals surface area (Å²) in [4.78, 5) is 25.9. The van der Waals surface area contributed by atoms with Crippen molar-refractivity contribution in [1.82, 2.24) is 29.9 Å². The van der Waals surface area contributed by atoms with Gasteiger partial charge in [0, 0.05) is 69.7 Å². The Hall–Kier alpha value is -6.51. The first kappa shape index (κ1) is 77.6. The minimum atomic E-state index is 0.0962. The maximum Gasteiger partial charge on any atom is 0.112 e. The van der Waals surface area contributed by atoms with Gasteiger partial charge in [-0.15, -0.1) is 11.3 Å². The molecule has 7 aromatic heterocycles. The lowest BCUT2D eigenvalue weighted by Gasteiger charge is -2.28. The Morgan fingerprint density at radius 3 is 1.28 bits per heavy atom. The second kappa shape index (κ2) is 32.8. The smallest absolute Gasteiger partial charge is 0.112 e. The molecule has 0 aliphatic rings. The van der Waals surface area contributed by atoms with E-state index in [0.717, 1.165) is 34.0 Å². The van der Waals surface area contributed by atoms with E-state index in [9.17, 15) is 0 Å². The molecule has 0 unspecified atom stereocenters. The monoisotopic (exact) mass is 1210 g/mol. The van der Waals surface area contributed by atoms with Crippen molar-refractivity contribution < 1.29 is 4.42 Å². The predicted molar refractivity (Wildman–Crippen MR) is 385 cm³/mol. The van der Waals surface area contributed by atoms with Gasteiger partial charge < -0.3 is 9.40 Å². The number of rotatable bonds is 0. The van der Waals surface area contributed by atoms with Crippen LogP contribution in [-0.4, -0.2) is 29.9 Å². The predicted octanol–water partition coefficient (Wildman–Crippen LogP) is 23.1. The number of imidazole rings is 1. The van der Waals surface area contributed by atoms with E-state index in [2.05, 4.69) is 292 Å². The number of hydrogen-bond donors (Lipinski definition) is 1. The highest BCUT2D eigenvalue weighted by atomic mass is 32.1. The molecule has 7 heterocycles. The number of H-pyrrole nitrogens is 1. The summed E-state index contributed by atoms with van der Waals surface area (Å²) in [6.45, 7) is 68.1. The minimum Gasteiger partial charge on any atom is -0.469 e. The first-order valence-electron chi connectivity index (χ1n) is 31.5. The summed E-state index contributed by atoms with van der Waals surface area (Å²) >= 11 is 1.83. The number of thiophene rings is 1. The number of fused-ring (bicyclic) bond motifs is 1. The molecule has 0 bridgehead atoms. The van der Waals surface area contributed by atoms with Gasteiger partial charge in [-0.2, -0.15) is 0 Å². The Balaban J connectivity index is 0.000000345. The fraction of sp³-hybridized carbons (Fsp3) is 0.487. The van der Waals surface area contributed by atoms with Crippen molar-refractivity contribution in [1.29, 1.82) is 0 Å². The molecule has 0 aliphatic carbocycles. The highest BCUT2D eigenvalue weighted by Crippen LogP contribution is 2.35. The molecule has 0 spiro atoms. The van der Waals surface area contributed by atoms with Crippen LogP contribution in [0.4, 0.5) is 0 Å². The largest absolute Gasteiger partial charge is 0.469 e. The maximum atomic E-state index is 5.20. The molecule has 7 nitrogen and oxygen atoms in total. The van der Waals surface area contributed by atoms with E-state index in [1.807, 2.05) is 97.8 Å². The van der Waals surface area contributed by atoms with E-state index < -0.39 is 0 Å². The fourth-order valence-electron chi connectivity index (χ4n) is 8.86. The van der Waals surface area contributed by atoms with Gasteiger partial charge in [0.2, 0.25) is 0 Å². The summed E-state index contributed by atoms with van der Waals surface area (Å²) in [7, 11) is 0. The van der Waals surface area contributed by atoms with Gasteiger partial charge in [-0.25, -0.2) is 4.98 Å². The van der Waals surface area contributed by atoms with Gasteiger partial charge in [-0.3, -0.25) is 19.9 Å². The Morgan fingerprint density at radius 2 is 0.943 bits per heavy atom. The fourth-order valence-corrected chi connectivity index (χ4v) is 9.68. The van der Waals surface area contributed by atoms with Gasteiger partial charge in [-0.1, -0.05) is 203 Å². The molecule has 0 saturated heterocycles. The molecule has 0 amide bonds. The third-order valence-electron chi connectivity index (χ3n) is 15.1. The Morgan fingerprint density at radius 1 is 0.398 bits per heavy atom. The number of pyridine rings is 4. The molecule has 8 heteroatoms. The van der Waals surface area contributed by atoms with Crippen molar-refractivity contribution >= 4 is 22.4 Å². The van der Waals surface area contributed by atoms with Gasteiger partial charge >= 0.3 is 0 Å². The Kier molecular flexibility index (Phi) is 28.9. The van der Waals surface area contributed by atoms with E-state index in [1.165, 1.54) is 60.5 Å². The lowest BCUT2D eigenvalue weighted by atomic mass is 9.77. The Labute approximate surface area is 541 Å². The number of para-hydroxylation sites is 2. The van der Waals surface area contributed by atoms with Crippen molar-refractivity contribution in [2.24, 2.45) is 0 Å². The number of aromatic nitrogens is 6. The van der Waals surface area contributed by atoms with E-state index in [4.69, 9.17) is 4.42 Å². The molecule has 9 aromatic rings. The molecule has 2 aromatic carbocycles. The molecule has 0 saturated carbocycles. The van der Waals surface area contributed by atoms with Crippen LogP contribution in [0.25, 0.3) is 11.0 Å². The second-order valence-corrected chi connectivity index (χ2v) is 32.3. The third-order valence-corrected chi connectivity index (χ3v) is 16.4. The SMILES string of the molecule is CC(C)(C)c1ccccn1.CC(C)(C)c1cccnc1.CC(C)(C)c1ccco1.CC(C)(C)c1cccs1.CC(C)(C)c1ccncc1.CC(C)(C)c1nc2ccccc2[nH]1.Cc1c(C)c(C)c(C(C)(C)C)c(C)c1C.Cc1cc(C(C)(C)C)cnc1C. The van der Waals surface area contributed by atoms with Crippen molar-refractivity contribution in [2.75, 3.05) is 0 Å². The van der Waals surface area contributed by atoms with Crippen LogP contribution >= 0.6 is 11.3 Å². The van der Waals surface area contributed by atoms with Gasteiger partial charge in [-0.05, 0) is 197 Å². The van der Waals surface area contributed by atoms with Gasteiger partial charge in [0.15, 0.2) is 0 Å². The summed E-state index contributed by atoms with van der Waals surface area (Å²) in [5.41, 5.74) is 20.2. The zero-order valence-corrected chi connectivity index (χ0v) is 61.7. The van der Waals surface area contributed by atoms with Crippen LogP contribution in [0, 0.1) is 48.5 Å². The summed E-state index contributed by atoms with van der Waals surface area (Å²) in [6.07, 6.45) is 12.9. The summed E-state index contributed by atoms with van der Waals surface area (Å²) in [6, 6.07) is 32.7. The quantitative estimate of drug-likeness (QED) is 0.163. The normalized spacial score (nSPS) is 11.8. The highest BCUT2D eigenvalue weighted by molar-refractivity contribution is 7.10. The molecule has 1 N–H and O–H groups in total. The molecule has 0 atom stereocenters. The molecule has 480 valence electrons. The molecular formula is C80H118N6OS. The highest BCUT2D eigenvalue weighted by Gasteiger charge is 2.23. The summed E-state index contributed by atoms with van der Waals surface area (Å²) in [5.74, 6) is 2.09. The van der Waals surface area contributed by atoms with Crippen molar-refractivity contribution in [3.8, 4) is 0 Å². The molecule has 9 rings (SSSR count). The topological polar surface area (TPSA) is 93.4 Å². The van der Waals surface area contributed by atoms with Crippen LogP contribution in [0.5, 0.6) is 0 Å². The first-order valence-corrected chi connectivity index (χ1v) is 32.3.